The van der Waals surface area contributed by atoms with Crippen LogP contribution in [0.15, 0.2) is 11.0 Å². The summed E-state index contributed by atoms with van der Waals surface area (Å²) in [4.78, 5) is 11.5. The number of carboxylic acids is 1. The molecule has 0 radical (unpaired) electrons. The number of hydrogen-bond donors (Lipinski definition) is 2. The minimum absolute atomic E-state index is 0.0609. The van der Waals surface area contributed by atoms with Gasteiger partial charge in [0.05, 0.1) is 7.11 Å². The van der Waals surface area contributed by atoms with E-state index in [1.165, 1.54) is 11.9 Å². The minimum atomic E-state index is -0.863. The van der Waals surface area contributed by atoms with Crippen LogP contribution < -0.4 is 9.46 Å². The molecule has 17 heavy (non-hydrogen) atoms. The molecule has 0 saturated carbocycles. The Morgan fingerprint density at radius 2 is 2.06 bits per heavy atom. The molecule has 2 N–H and O–H groups in total. The Morgan fingerprint density at radius 1 is 1.41 bits per heavy atom. The lowest BCUT2D eigenvalue weighted by atomic mass is 10.1. The van der Waals surface area contributed by atoms with E-state index in [4.69, 9.17) is 9.84 Å². The quantitative estimate of drug-likeness (QED) is 0.791. The molecule has 0 aromatic heterocycles. The van der Waals surface area contributed by atoms with E-state index in [0.717, 1.165) is 27.3 Å². The normalized spacial score (nSPS) is 10.4. The van der Waals surface area contributed by atoms with E-state index in [2.05, 4.69) is 4.72 Å². The van der Waals surface area contributed by atoms with Gasteiger partial charge >= 0.3 is 5.97 Å². The average Bonchev–Trinajstić information content (AvgIpc) is 2.27. The van der Waals surface area contributed by atoms with Gasteiger partial charge in [-0.25, -0.2) is 4.72 Å². The molecule has 0 fully saturated rings. The lowest BCUT2D eigenvalue weighted by Crippen LogP contribution is -2.16. The molecule has 0 spiro atoms. The van der Waals surface area contributed by atoms with E-state index in [9.17, 15) is 4.79 Å². The summed E-state index contributed by atoms with van der Waals surface area (Å²) in [7, 11) is 1.65. The Kier molecular flexibility index (Phi) is 4.84. The first-order chi connectivity index (χ1) is 7.97. The molecule has 0 aliphatic rings. The maximum absolute atomic E-state index is 10.4. The van der Waals surface area contributed by atoms with E-state index >= 15 is 0 Å². The average molecular weight is 255 g/mol. The van der Waals surface area contributed by atoms with Crippen molar-refractivity contribution in [1.29, 1.82) is 0 Å². The van der Waals surface area contributed by atoms with Crippen molar-refractivity contribution in [3.8, 4) is 5.75 Å². The number of rotatable bonds is 5. The van der Waals surface area contributed by atoms with Crippen LogP contribution in [0.2, 0.25) is 0 Å². The molecule has 0 unspecified atom stereocenters. The highest BCUT2D eigenvalue weighted by atomic mass is 32.2. The molecule has 4 nitrogen and oxygen atoms in total. The van der Waals surface area contributed by atoms with Gasteiger partial charge in [-0.05, 0) is 55.5 Å². The lowest BCUT2D eigenvalue weighted by Gasteiger charge is -2.15. The topological polar surface area (TPSA) is 58.6 Å². The lowest BCUT2D eigenvalue weighted by molar-refractivity contribution is -0.135. The zero-order valence-electron chi connectivity index (χ0n) is 10.5. The number of benzene rings is 1. The molecule has 1 aromatic carbocycles. The van der Waals surface area contributed by atoms with Crippen LogP contribution in [0.25, 0.3) is 0 Å². The van der Waals surface area contributed by atoms with Gasteiger partial charge in [0.15, 0.2) is 0 Å². The molecular formula is C12H17NO3S. The molecule has 1 rings (SSSR count). The summed E-state index contributed by atoms with van der Waals surface area (Å²) in [5.74, 6) is 0.000578. The van der Waals surface area contributed by atoms with Crippen molar-refractivity contribution in [2.75, 3.05) is 13.7 Å². The highest BCUT2D eigenvalue weighted by Crippen LogP contribution is 2.32. The van der Waals surface area contributed by atoms with Gasteiger partial charge in [-0.1, -0.05) is 0 Å². The van der Waals surface area contributed by atoms with Crippen molar-refractivity contribution in [3.63, 3.8) is 0 Å². The summed E-state index contributed by atoms with van der Waals surface area (Å²) in [5.41, 5.74) is 3.27. The van der Waals surface area contributed by atoms with Gasteiger partial charge in [0.1, 0.15) is 12.3 Å². The zero-order valence-corrected chi connectivity index (χ0v) is 11.3. The fourth-order valence-corrected chi connectivity index (χ4v) is 2.43. The van der Waals surface area contributed by atoms with Crippen molar-refractivity contribution in [2.45, 2.75) is 25.7 Å². The van der Waals surface area contributed by atoms with Crippen LogP contribution in [0.5, 0.6) is 5.75 Å². The molecular weight excluding hydrogens is 238 g/mol. The number of ether oxygens (including phenoxy) is 1. The summed E-state index contributed by atoms with van der Waals surface area (Å²) in [5, 5.41) is 8.57. The van der Waals surface area contributed by atoms with E-state index in [1.54, 1.807) is 7.11 Å². The second kappa shape index (κ2) is 5.93. The van der Waals surface area contributed by atoms with Crippen molar-refractivity contribution >= 4 is 17.9 Å². The Hall–Kier alpha value is -1.20. The number of aryl methyl sites for hydroxylation is 1. The largest absolute Gasteiger partial charge is 0.496 e. The molecule has 0 atom stereocenters. The summed E-state index contributed by atoms with van der Waals surface area (Å²) in [6.07, 6.45) is 0. The van der Waals surface area contributed by atoms with Crippen LogP contribution in [0.3, 0.4) is 0 Å². The monoisotopic (exact) mass is 255 g/mol. The number of nitrogens with one attached hydrogen (secondary N) is 1. The van der Waals surface area contributed by atoms with Gasteiger partial charge in [-0.2, -0.15) is 0 Å². The molecule has 5 heteroatoms. The van der Waals surface area contributed by atoms with Crippen LogP contribution in [-0.4, -0.2) is 24.7 Å². The van der Waals surface area contributed by atoms with Crippen LogP contribution in [0.1, 0.15) is 16.7 Å². The molecule has 0 bridgehead atoms. The fourth-order valence-electron chi connectivity index (χ4n) is 1.56. The summed E-state index contributed by atoms with van der Waals surface area (Å²) in [6.45, 7) is 5.93. The van der Waals surface area contributed by atoms with Gasteiger partial charge in [0.25, 0.3) is 0 Å². The Bertz CT molecular complexity index is 432. The van der Waals surface area contributed by atoms with Crippen LogP contribution >= 0.6 is 11.9 Å². The smallest absolute Gasteiger partial charge is 0.318 e. The molecule has 0 heterocycles. The summed E-state index contributed by atoms with van der Waals surface area (Å²) in [6, 6.07) is 1.97. The first-order valence-electron chi connectivity index (χ1n) is 5.23. The molecule has 0 amide bonds. The molecule has 1 aromatic rings. The van der Waals surface area contributed by atoms with Crippen molar-refractivity contribution in [1.82, 2.24) is 4.72 Å². The van der Waals surface area contributed by atoms with Crippen LogP contribution in [0.4, 0.5) is 0 Å². The SMILES string of the molecule is COc1cc(C)c(SNCC(=O)O)c(C)c1C. The van der Waals surface area contributed by atoms with E-state index in [1.807, 2.05) is 26.8 Å². The maximum atomic E-state index is 10.4. The number of carbonyl (C=O) groups is 1. The minimum Gasteiger partial charge on any atom is -0.496 e. The Balaban J connectivity index is 2.92. The predicted octanol–water partition coefficient (Wildman–Crippen LogP) is 2.30. The third-order valence-electron chi connectivity index (χ3n) is 2.60. The van der Waals surface area contributed by atoms with Gasteiger partial charge < -0.3 is 9.84 Å². The zero-order chi connectivity index (χ0) is 13.0. The van der Waals surface area contributed by atoms with Gasteiger partial charge in [0, 0.05) is 4.90 Å². The first-order valence-corrected chi connectivity index (χ1v) is 6.05. The summed E-state index contributed by atoms with van der Waals surface area (Å²) >= 11 is 1.35. The Morgan fingerprint density at radius 3 is 2.59 bits per heavy atom. The predicted molar refractivity (Wildman–Crippen MR) is 68.7 cm³/mol. The first kappa shape index (κ1) is 13.9. The third-order valence-corrected chi connectivity index (χ3v) is 3.72. The van der Waals surface area contributed by atoms with E-state index in [0.29, 0.717) is 0 Å². The second-order valence-corrected chi connectivity index (χ2v) is 4.69. The van der Waals surface area contributed by atoms with Crippen molar-refractivity contribution in [3.05, 3.63) is 22.8 Å². The van der Waals surface area contributed by atoms with Gasteiger partial charge in [0.2, 0.25) is 0 Å². The number of hydrogen-bond acceptors (Lipinski definition) is 4. The third kappa shape index (κ3) is 3.38. The van der Waals surface area contributed by atoms with E-state index in [-0.39, 0.29) is 6.54 Å². The van der Waals surface area contributed by atoms with Crippen LogP contribution in [-0.2, 0) is 4.79 Å². The standard InChI is InChI=1S/C12H17NO3S/c1-7-5-10(16-4)8(2)9(3)12(7)17-13-6-11(14)15/h5,13H,6H2,1-4H3,(H,14,15). The molecule has 0 aliphatic heterocycles. The van der Waals surface area contributed by atoms with Crippen LogP contribution in [0, 0.1) is 20.8 Å². The highest BCUT2D eigenvalue weighted by molar-refractivity contribution is 7.97. The molecule has 94 valence electrons. The second-order valence-electron chi connectivity index (χ2n) is 3.79. The number of carboxylic acid groups (broad SMARTS) is 1. The summed E-state index contributed by atoms with van der Waals surface area (Å²) < 4.78 is 8.10. The van der Waals surface area contributed by atoms with E-state index < -0.39 is 5.97 Å². The molecule has 0 saturated heterocycles. The fraction of sp³-hybridized carbons (Fsp3) is 0.417. The van der Waals surface area contributed by atoms with Crippen molar-refractivity contribution < 1.29 is 14.6 Å². The maximum Gasteiger partial charge on any atom is 0.318 e. The highest BCUT2D eigenvalue weighted by Gasteiger charge is 2.11. The number of methoxy groups -OCH3 is 1. The molecule has 0 aliphatic carbocycles. The Labute approximate surface area is 105 Å². The van der Waals surface area contributed by atoms with Gasteiger partial charge in [-0.3, -0.25) is 4.79 Å². The van der Waals surface area contributed by atoms with Crippen molar-refractivity contribution in [2.24, 2.45) is 0 Å². The van der Waals surface area contributed by atoms with Gasteiger partial charge in [-0.15, -0.1) is 0 Å². The number of aliphatic carboxylic acids is 1.